The number of rotatable bonds is 2. The number of hydrogen-bond acceptors (Lipinski definition) is 0. The van der Waals surface area contributed by atoms with Crippen LogP contribution in [-0.4, -0.2) is 0 Å². The van der Waals surface area contributed by atoms with Gasteiger partial charge in [-0.1, -0.05) is 62.2 Å². The van der Waals surface area contributed by atoms with Crippen LogP contribution >= 0.6 is 31.9 Å². The molecule has 0 bridgehead atoms. The van der Waals surface area contributed by atoms with E-state index >= 15 is 0 Å². The molecule has 0 heterocycles. The third kappa shape index (κ3) is 2.58. The van der Waals surface area contributed by atoms with Gasteiger partial charge in [-0.2, -0.15) is 0 Å². The summed E-state index contributed by atoms with van der Waals surface area (Å²) < 4.78 is 2.24. The van der Waals surface area contributed by atoms with Crippen molar-refractivity contribution in [2.45, 2.75) is 13.8 Å². The lowest BCUT2D eigenvalue weighted by molar-refractivity contribution is 1.54. The minimum Gasteiger partial charge on any atom is -0.0786 e. The Bertz CT molecular complexity index is 376. The van der Waals surface area contributed by atoms with Gasteiger partial charge in [0.2, 0.25) is 0 Å². The molecular formula is C12H12Br2. The van der Waals surface area contributed by atoms with Crippen LogP contribution in [0.25, 0.3) is 5.57 Å². The molecule has 0 aliphatic heterocycles. The monoisotopic (exact) mass is 314 g/mol. The molecule has 0 aliphatic rings. The van der Waals surface area contributed by atoms with Gasteiger partial charge in [0.05, 0.1) is 0 Å². The molecule has 0 amide bonds. The molecule has 1 rings (SSSR count). The summed E-state index contributed by atoms with van der Waals surface area (Å²) in [5, 5.41) is 0. The van der Waals surface area contributed by atoms with Gasteiger partial charge in [-0.05, 0) is 31.1 Å². The standard InChI is InChI=1S/C12H12Br2/c1-3-9(11(13)4-2)10-7-5-6-8-12(10)14/h3-8H,1-2H3. The summed E-state index contributed by atoms with van der Waals surface area (Å²) in [7, 11) is 0. The smallest absolute Gasteiger partial charge is 0.0254 e. The highest BCUT2D eigenvalue weighted by molar-refractivity contribution is 9.12. The zero-order valence-corrected chi connectivity index (χ0v) is 11.4. The average molecular weight is 316 g/mol. The minimum atomic E-state index is 1.12. The number of halogens is 2. The molecule has 74 valence electrons. The van der Waals surface area contributed by atoms with Crippen LogP contribution in [0.3, 0.4) is 0 Å². The van der Waals surface area contributed by atoms with Gasteiger partial charge in [0, 0.05) is 8.96 Å². The van der Waals surface area contributed by atoms with Gasteiger partial charge < -0.3 is 0 Å². The Balaban J connectivity index is 3.22. The molecule has 0 aliphatic carbocycles. The van der Waals surface area contributed by atoms with Gasteiger partial charge in [-0.3, -0.25) is 0 Å². The van der Waals surface area contributed by atoms with Crippen LogP contribution in [0.1, 0.15) is 19.4 Å². The summed E-state index contributed by atoms with van der Waals surface area (Å²) in [5.74, 6) is 0. The molecule has 0 fully saturated rings. The van der Waals surface area contributed by atoms with E-state index in [0.29, 0.717) is 0 Å². The second-order valence-corrected chi connectivity index (χ2v) is 4.53. The predicted octanol–water partition coefficient (Wildman–Crippen LogP) is 5.15. The third-order valence-corrected chi connectivity index (χ3v) is 3.54. The van der Waals surface area contributed by atoms with Crippen molar-refractivity contribution in [3.8, 4) is 0 Å². The van der Waals surface area contributed by atoms with Crippen molar-refractivity contribution < 1.29 is 0 Å². The first-order valence-electron chi connectivity index (χ1n) is 4.44. The molecule has 0 spiro atoms. The van der Waals surface area contributed by atoms with Crippen LogP contribution in [-0.2, 0) is 0 Å². The lowest BCUT2D eigenvalue weighted by atomic mass is 10.1. The fraction of sp³-hybridized carbons (Fsp3) is 0.167. The van der Waals surface area contributed by atoms with Crippen molar-refractivity contribution in [2.75, 3.05) is 0 Å². The second-order valence-electron chi connectivity index (χ2n) is 2.82. The van der Waals surface area contributed by atoms with Crippen LogP contribution < -0.4 is 0 Å². The van der Waals surface area contributed by atoms with E-state index in [-0.39, 0.29) is 0 Å². The van der Waals surface area contributed by atoms with Gasteiger partial charge in [-0.15, -0.1) is 0 Å². The van der Waals surface area contributed by atoms with E-state index in [9.17, 15) is 0 Å². The van der Waals surface area contributed by atoms with Crippen molar-refractivity contribution in [2.24, 2.45) is 0 Å². The largest absolute Gasteiger partial charge is 0.0786 e. The summed E-state index contributed by atoms with van der Waals surface area (Å²) in [5.41, 5.74) is 2.42. The summed E-state index contributed by atoms with van der Waals surface area (Å²) in [4.78, 5) is 0. The fourth-order valence-electron chi connectivity index (χ4n) is 1.26. The zero-order valence-electron chi connectivity index (χ0n) is 8.22. The lowest BCUT2D eigenvalue weighted by Gasteiger charge is -2.08. The Labute approximate surface area is 102 Å². The van der Waals surface area contributed by atoms with Gasteiger partial charge in [-0.25, -0.2) is 0 Å². The maximum absolute atomic E-state index is 3.55. The Kier molecular flexibility index (Phi) is 4.63. The van der Waals surface area contributed by atoms with Crippen LogP contribution in [0.15, 0.2) is 45.4 Å². The molecule has 1 aromatic carbocycles. The summed E-state index contributed by atoms with van der Waals surface area (Å²) >= 11 is 7.09. The molecular weight excluding hydrogens is 304 g/mol. The molecule has 0 N–H and O–H groups in total. The Morgan fingerprint density at radius 2 is 1.79 bits per heavy atom. The first-order chi connectivity index (χ1) is 6.70. The van der Waals surface area contributed by atoms with Crippen LogP contribution in [0.2, 0.25) is 0 Å². The number of benzene rings is 1. The van der Waals surface area contributed by atoms with Gasteiger partial charge >= 0.3 is 0 Å². The maximum Gasteiger partial charge on any atom is 0.0254 e. The molecule has 0 nitrogen and oxygen atoms in total. The quantitative estimate of drug-likeness (QED) is 0.662. The van der Waals surface area contributed by atoms with Crippen molar-refractivity contribution >= 4 is 37.4 Å². The summed E-state index contributed by atoms with van der Waals surface area (Å²) in [6, 6.07) is 8.21. The van der Waals surface area contributed by atoms with Crippen LogP contribution in [0.4, 0.5) is 0 Å². The highest BCUT2D eigenvalue weighted by Gasteiger charge is 2.06. The molecule has 0 aromatic heterocycles. The van der Waals surface area contributed by atoms with Crippen molar-refractivity contribution in [3.05, 3.63) is 50.9 Å². The Hall–Kier alpha value is -0.340. The van der Waals surface area contributed by atoms with Gasteiger partial charge in [0.1, 0.15) is 0 Å². The van der Waals surface area contributed by atoms with Crippen molar-refractivity contribution in [1.82, 2.24) is 0 Å². The number of hydrogen-bond donors (Lipinski definition) is 0. The number of allylic oxidation sites excluding steroid dienone is 4. The SMILES string of the molecule is CC=C(Br)C(=CC)c1ccccc1Br. The molecule has 1 aromatic rings. The first kappa shape index (κ1) is 11.7. The Morgan fingerprint density at radius 1 is 1.14 bits per heavy atom. The summed E-state index contributed by atoms with van der Waals surface area (Å²) in [6.45, 7) is 4.06. The molecule has 0 atom stereocenters. The van der Waals surface area contributed by atoms with E-state index in [2.05, 4.69) is 56.1 Å². The highest BCUT2D eigenvalue weighted by Crippen LogP contribution is 2.32. The lowest BCUT2D eigenvalue weighted by Crippen LogP contribution is -1.85. The molecule has 0 radical (unpaired) electrons. The second kappa shape index (κ2) is 5.52. The van der Waals surface area contributed by atoms with E-state index in [1.54, 1.807) is 0 Å². The first-order valence-corrected chi connectivity index (χ1v) is 6.02. The summed E-state index contributed by atoms with van der Waals surface area (Å²) in [6.07, 6.45) is 4.15. The topological polar surface area (TPSA) is 0 Å². The van der Waals surface area contributed by atoms with Gasteiger partial charge in [0.25, 0.3) is 0 Å². The van der Waals surface area contributed by atoms with Crippen LogP contribution in [0.5, 0.6) is 0 Å². The molecule has 0 saturated heterocycles. The third-order valence-electron chi connectivity index (χ3n) is 1.96. The normalized spacial score (nSPS) is 13.1. The Morgan fingerprint density at radius 3 is 2.29 bits per heavy atom. The van der Waals surface area contributed by atoms with E-state index in [1.807, 2.05) is 26.0 Å². The van der Waals surface area contributed by atoms with Gasteiger partial charge in [0.15, 0.2) is 0 Å². The van der Waals surface area contributed by atoms with Crippen molar-refractivity contribution in [3.63, 3.8) is 0 Å². The predicted molar refractivity (Wildman–Crippen MR) is 70.5 cm³/mol. The van der Waals surface area contributed by atoms with E-state index in [0.717, 1.165) is 8.96 Å². The molecule has 0 saturated carbocycles. The zero-order chi connectivity index (χ0) is 10.6. The molecule has 0 unspecified atom stereocenters. The van der Waals surface area contributed by atoms with Crippen molar-refractivity contribution in [1.29, 1.82) is 0 Å². The average Bonchev–Trinajstić information content (AvgIpc) is 2.21. The highest BCUT2D eigenvalue weighted by atomic mass is 79.9. The van der Waals surface area contributed by atoms with Crippen LogP contribution in [0, 0.1) is 0 Å². The van der Waals surface area contributed by atoms with E-state index in [4.69, 9.17) is 0 Å². The minimum absolute atomic E-state index is 1.12. The van der Waals surface area contributed by atoms with E-state index in [1.165, 1.54) is 11.1 Å². The molecule has 14 heavy (non-hydrogen) atoms. The van der Waals surface area contributed by atoms with E-state index < -0.39 is 0 Å². The molecule has 2 heteroatoms. The fourth-order valence-corrected chi connectivity index (χ4v) is 2.20. The maximum atomic E-state index is 3.55.